The zero-order valence-electron chi connectivity index (χ0n) is 10.4. The largest absolute Gasteiger partial charge is 0.369 e. The van der Waals surface area contributed by atoms with Gasteiger partial charge in [0.15, 0.2) is 0 Å². The molecular weight excluding hydrogens is 232 g/mol. The number of hydrogen-bond donors (Lipinski definition) is 1. The number of unbranched alkanes of at least 4 members (excludes halogenated alkanes) is 3. The zero-order valence-corrected chi connectivity index (χ0v) is 11.2. The molecule has 0 saturated carbocycles. The number of rotatable bonds is 6. The third-order valence-corrected chi connectivity index (χ3v) is 3.61. The molecule has 0 bridgehead atoms. The normalized spacial score (nSPS) is 10.9. The summed E-state index contributed by atoms with van der Waals surface area (Å²) in [6, 6.07) is 0. The minimum Gasteiger partial charge on any atom is -0.369 e. The summed E-state index contributed by atoms with van der Waals surface area (Å²) in [6.07, 6.45) is 6.65. The molecule has 0 aliphatic rings. The van der Waals surface area contributed by atoms with Gasteiger partial charge in [-0.3, -0.25) is 0 Å². The summed E-state index contributed by atoms with van der Waals surface area (Å²) in [4.78, 5) is 9.49. The van der Waals surface area contributed by atoms with E-state index in [1.165, 1.54) is 37.2 Å². The Morgan fingerprint density at radius 1 is 1.24 bits per heavy atom. The van der Waals surface area contributed by atoms with Crippen LogP contribution >= 0.6 is 11.5 Å². The first-order chi connectivity index (χ1) is 8.33. The highest BCUT2D eigenvalue weighted by atomic mass is 32.1. The fourth-order valence-electron chi connectivity index (χ4n) is 1.81. The van der Waals surface area contributed by atoms with Crippen molar-refractivity contribution < 1.29 is 0 Å². The van der Waals surface area contributed by atoms with Crippen LogP contribution in [0.4, 0.5) is 5.82 Å². The molecule has 0 aliphatic carbocycles. The molecule has 0 spiro atoms. The van der Waals surface area contributed by atoms with Crippen LogP contribution in [0.5, 0.6) is 0 Å². The highest BCUT2D eigenvalue weighted by Gasteiger charge is 2.08. The monoisotopic (exact) mass is 250 g/mol. The molecule has 2 rings (SSSR count). The fraction of sp³-hybridized carbons (Fsp3) is 0.583. The van der Waals surface area contributed by atoms with E-state index in [1.807, 2.05) is 6.92 Å². The molecule has 4 nitrogen and oxygen atoms in total. The summed E-state index contributed by atoms with van der Waals surface area (Å²) in [5, 5.41) is 4.47. The standard InChI is InChI=1S/C12H18N4S/c1-3-4-5-6-7-13-11-10-9(2)16-17-12(10)15-8-14-11/h8H,3-7H2,1-2H3,(H,13,14,15). The van der Waals surface area contributed by atoms with Crippen LogP contribution in [0, 0.1) is 6.92 Å². The summed E-state index contributed by atoms with van der Waals surface area (Å²) in [7, 11) is 0. The lowest BCUT2D eigenvalue weighted by atomic mass is 10.2. The van der Waals surface area contributed by atoms with Gasteiger partial charge < -0.3 is 5.32 Å². The molecule has 92 valence electrons. The Kier molecular flexibility index (Phi) is 4.25. The molecular formula is C12H18N4S. The van der Waals surface area contributed by atoms with Crippen LogP contribution < -0.4 is 5.32 Å². The van der Waals surface area contributed by atoms with Crippen LogP contribution in [0.25, 0.3) is 10.2 Å². The highest BCUT2D eigenvalue weighted by Crippen LogP contribution is 2.25. The average Bonchev–Trinajstić information content (AvgIpc) is 2.72. The van der Waals surface area contributed by atoms with Crippen molar-refractivity contribution in [3.8, 4) is 0 Å². The van der Waals surface area contributed by atoms with Crippen LogP contribution in [0.1, 0.15) is 38.3 Å². The number of hydrogen-bond acceptors (Lipinski definition) is 5. The predicted octanol–water partition coefficient (Wildman–Crippen LogP) is 3.39. The Hall–Kier alpha value is -1.23. The van der Waals surface area contributed by atoms with Gasteiger partial charge in [0.1, 0.15) is 17.0 Å². The van der Waals surface area contributed by atoms with E-state index in [2.05, 4.69) is 26.6 Å². The lowest BCUT2D eigenvalue weighted by Gasteiger charge is -2.06. The van der Waals surface area contributed by atoms with Crippen molar-refractivity contribution in [2.24, 2.45) is 0 Å². The minimum absolute atomic E-state index is 0.928. The lowest BCUT2D eigenvalue weighted by molar-refractivity contribution is 0.684. The van der Waals surface area contributed by atoms with Crippen LogP contribution in [0.15, 0.2) is 6.33 Å². The van der Waals surface area contributed by atoms with Gasteiger partial charge in [-0.25, -0.2) is 9.97 Å². The van der Waals surface area contributed by atoms with Crippen LogP contribution in [-0.2, 0) is 0 Å². The summed E-state index contributed by atoms with van der Waals surface area (Å²) in [5.41, 5.74) is 1.02. The van der Waals surface area contributed by atoms with Gasteiger partial charge in [-0.2, -0.15) is 4.37 Å². The molecule has 2 aromatic rings. The van der Waals surface area contributed by atoms with Gasteiger partial charge in [-0.1, -0.05) is 26.2 Å². The maximum atomic E-state index is 4.31. The maximum absolute atomic E-state index is 4.31. The van der Waals surface area contributed by atoms with Gasteiger partial charge in [-0.05, 0) is 24.9 Å². The molecule has 1 N–H and O–H groups in total. The molecule has 2 heterocycles. The molecule has 2 aromatic heterocycles. The molecule has 17 heavy (non-hydrogen) atoms. The van der Waals surface area contributed by atoms with Crippen molar-refractivity contribution in [2.75, 3.05) is 11.9 Å². The number of aromatic nitrogens is 3. The van der Waals surface area contributed by atoms with Crippen LogP contribution in [0.2, 0.25) is 0 Å². The van der Waals surface area contributed by atoms with Crippen molar-refractivity contribution in [1.29, 1.82) is 0 Å². The Morgan fingerprint density at radius 2 is 2.12 bits per heavy atom. The van der Waals surface area contributed by atoms with Gasteiger partial charge in [0.2, 0.25) is 0 Å². The quantitative estimate of drug-likeness (QED) is 0.798. The van der Waals surface area contributed by atoms with E-state index in [1.54, 1.807) is 6.33 Å². The molecule has 0 aromatic carbocycles. The molecule has 0 aliphatic heterocycles. The second-order valence-electron chi connectivity index (χ2n) is 4.16. The van der Waals surface area contributed by atoms with E-state index in [0.717, 1.165) is 28.3 Å². The van der Waals surface area contributed by atoms with Crippen molar-refractivity contribution in [1.82, 2.24) is 14.3 Å². The minimum atomic E-state index is 0.928. The summed E-state index contributed by atoms with van der Waals surface area (Å²) in [5.74, 6) is 0.928. The number of fused-ring (bicyclic) bond motifs is 1. The van der Waals surface area contributed by atoms with Crippen molar-refractivity contribution in [3.63, 3.8) is 0 Å². The first-order valence-corrected chi connectivity index (χ1v) is 6.91. The fourth-order valence-corrected chi connectivity index (χ4v) is 2.56. The topological polar surface area (TPSA) is 50.7 Å². The number of anilines is 1. The van der Waals surface area contributed by atoms with E-state index >= 15 is 0 Å². The summed E-state index contributed by atoms with van der Waals surface area (Å²) >= 11 is 1.43. The Labute approximate surface area is 106 Å². The Morgan fingerprint density at radius 3 is 2.94 bits per heavy atom. The molecule has 0 amide bonds. The lowest BCUT2D eigenvalue weighted by Crippen LogP contribution is -2.04. The zero-order chi connectivity index (χ0) is 12.1. The van der Waals surface area contributed by atoms with E-state index < -0.39 is 0 Å². The van der Waals surface area contributed by atoms with Gasteiger partial charge in [0, 0.05) is 6.54 Å². The first kappa shape index (κ1) is 12.2. The molecule has 0 saturated heterocycles. The smallest absolute Gasteiger partial charge is 0.149 e. The third-order valence-electron chi connectivity index (χ3n) is 2.77. The van der Waals surface area contributed by atoms with Crippen molar-refractivity contribution in [2.45, 2.75) is 39.5 Å². The van der Waals surface area contributed by atoms with Crippen molar-refractivity contribution in [3.05, 3.63) is 12.0 Å². The number of aryl methyl sites for hydroxylation is 1. The predicted molar refractivity (Wildman–Crippen MR) is 72.6 cm³/mol. The van der Waals surface area contributed by atoms with Gasteiger partial charge in [-0.15, -0.1) is 0 Å². The maximum Gasteiger partial charge on any atom is 0.149 e. The van der Waals surface area contributed by atoms with E-state index in [-0.39, 0.29) is 0 Å². The van der Waals surface area contributed by atoms with Crippen molar-refractivity contribution >= 4 is 27.6 Å². The second-order valence-corrected chi connectivity index (χ2v) is 4.91. The van der Waals surface area contributed by atoms with Gasteiger partial charge in [0.25, 0.3) is 0 Å². The first-order valence-electron chi connectivity index (χ1n) is 6.13. The number of nitrogens with zero attached hydrogens (tertiary/aromatic N) is 3. The van der Waals surface area contributed by atoms with E-state index in [0.29, 0.717) is 0 Å². The van der Waals surface area contributed by atoms with Crippen LogP contribution in [0.3, 0.4) is 0 Å². The Bertz CT molecular complexity index is 480. The molecule has 0 atom stereocenters. The third kappa shape index (κ3) is 2.91. The van der Waals surface area contributed by atoms with E-state index in [9.17, 15) is 0 Å². The van der Waals surface area contributed by atoms with Gasteiger partial charge in [0.05, 0.1) is 11.1 Å². The van der Waals surface area contributed by atoms with Crippen LogP contribution in [-0.4, -0.2) is 20.9 Å². The number of nitrogens with one attached hydrogen (secondary N) is 1. The van der Waals surface area contributed by atoms with E-state index in [4.69, 9.17) is 0 Å². The second kappa shape index (κ2) is 5.91. The SMILES string of the molecule is CCCCCCNc1ncnc2snc(C)c12. The summed E-state index contributed by atoms with van der Waals surface area (Å²) < 4.78 is 4.31. The Balaban J connectivity index is 2.00. The molecule has 5 heteroatoms. The molecule has 0 unspecified atom stereocenters. The molecule has 0 fully saturated rings. The highest BCUT2D eigenvalue weighted by molar-refractivity contribution is 7.13. The summed E-state index contributed by atoms with van der Waals surface area (Å²) in [6.45, 7) is 5.20. The molecule has 0 radical (unpaired) electrons. The van der Waals surface area contributed by atoms with Gasteiger partial charge >= 0.3 is 0 Å². The average molecular weight is 250 g/mol.